The molecule has 1 aliphatic carbocycles. The summed E-state index contributed by atoms with van der Waals surface area (Å²) in [6.07, 6.45) is 7.83. The Morgan fingerprint density at radius 3 is 2.65 bits per heavy atom. The first-order valence-corrected chi connectivity index (χ1v) is 11.5. The van der Waals surface area contributed by atoms with Crippen molar-refractivity contribution in [3.63, 3.8) is 0 Å². The van der Waals surface area contributed by atoms with Crippen LogP contribution in [-0.4, -0.2) is 21.5 Å². The van der Waals surface area contributed by atoms with Crippen LogP contribution in [0.25, 0.3) is 0 Å². The van der Waals surface area contributed by atoms with E-state index in [1.165, 1.54) is 19.3 Å². The van der Waals surface area contributed by atoms with Gasteiger partial charge in [-0.05, 0) is 67.3 Å². The number of rotatable bonds is 6. The molecule has 2 aromatic carbocycles. The number of amides is 2. The van der Waals surface area contributed by atoms with Crippen LogP contribution in [0, 0.1) is 6.92 Å². The van der Waals surface area contributed by atoms with Gasteiger partial charge < -0.3 is 14.8 Å². The van der Waals surface area contributed by atoms with Gasteiger partial charge in [0.2, 0.25) is 0 Å². The minimum absolute atomic E-state index is 0.0204. The number of nitrogens with zero attached hydrogens (tertiary/aromatic N) is 2. The molecular formula is C26H30ClN3O. The average Bonchev–Trinajstić information content (AvgIpc) is 3.19. The average molecular weight is 436 g/mol. The summed E-state index contributed by atoms with van der Waals surface area (Å²) in [5.74, 6) is 0. The molecule has 4 rings (SSSR count). The summed E-state index contributed by atoms with van der Waals surface area (Å²) in [6, 6.07) is 20.3. The SMILES string of the molecule is Cc1cccc(NC(=O)N(Cc2cccn2Cc2cccc(Cl)c2)C2CCCCC2)c1. The van der Waals surface area contributed by atoms with Gasteiger partial charge in [-0.25, -0.2) is 4.79 Å². The maximum atomic E-state index is 13.4. The van der Waals surface area contributed by atoms with Gasteiger partial charge in [-0.1, -0.05) is 55.1 Å². The molecular weight excluding hydrogens is 406 g/mol. The van der Waals surface area contributed by atoms with E-state index in [4.69, 9.17) is 11.6 Å². The molecule has 1 saturated carbocycles. The molecule has 4 nitrogen and oxygen atoms in total. The highest BCUT2D eigenvalue weighted by Crippen LogP contribution is 2.26. The third kappa shape index (κ3) is 5.71. The number of carbonyl (C=O) groups is 1. The van der Waals surface area contributed by atoms with E-state index in [0.29, 0.717) is 6.54 Å². The number of nitrogens with one attached hydrogen (secondary N) is 1. The summed E-state index contributed by atoms with van der Waals surface area (Å²) in [7, 11) is 0. The second-order valence-corrected chi connectivity index (χ2v) is 8.91. The highest BCUT2D eigenvalue weighted by atomic mass is 35.5. The lowest BCUT2D eigenvalue weighted by atomic mass is 9.94. The molecule has 3 aromatic rings. The molecule has 1 N–H and O–H groups in total. The van der Waals surface area contributed by atoms with Crippen LogP contribution in [-0.2, 0) is 13.1 Å². The molecule has 0 spiro atoms. The summed E-state index contributed by atoms with van der Waals surface area (Å²) in [6.45, 7) is 3.37. The maximum Gasteiger partial charge on any atom is 0.322 e. The standard InChI is InChI=1S/C26H30ClN3O/c1-20-8-5-11-23(16-20)28-26(31)30(24-12-3-2-4-13-24)19-25-14-7-15-29(25)18-21-9-6-10-22(27)17-21/h5-11,14-17,24H,2-4,12-13,18-19H2,1H3,(H,28,31). The van der Waals surface area contributed by atoms with E-state index in [1.807, 2.05) is 54.3 Å². The molecule has 1 heterocycles. The van der Waals surface area contributed by atoms with Crippen molar-refractivity contribution in [1.29, 1.82) is 0 Å². The van der Waals surface area contributed by atoms with Crippen molar-refractivity contribution < 1.29 is 4.79 Å². The highest BCUT2D eigenvalue weighted by Gasteiger charge is 2.26. The lowest BCUT2D eigenvalue weighted by Gasteiger charge is -2.34. The predicted octanol–water partition coefficient (Wildman–Crippen LogP) is 6.87. The second-order valence-electron chi connectivity index (χ2n) is 8.48. The molecule has 0 atom stereocenters. The van der Waals surface area contributed by atoms with E-state index >= 15 is 0 Å². The number of halogens is 1. The van der Waals surface area contributed by atoms with Crippen molar-refractivity contribution in [2.75, 3.05) is 5.32 Å². The Bertz CT molecular complexity index is 1020. The number of urea groups is 1. The fraction of sp³-hybridized carbons (Fsp3) is 0.346. The Morgan fingerprint density at radius 2 is 1.87 bits per heavy atom. The third-order valence-corrected chi connectivity index (χ3v) is 6.28. The molecule has 1 fully saturated rings. The van der Waals surface area contributed by atoms with Crippen molar-refractivity contribution in [2.45, 2.75) is 58.2 Å². The smallest absolute Gasteiger partial charge is 0.322 e. The van der Waals surface area contributed by atoms with E-state index in [9.17, 15) is 4.79 Å². The topological polar surface area (TPSA) is 37.3 Å². The van der Waals surface area contributed by atoms with Crippen molar-refractivity contribution in [3.05, 3.63) is 88.7 Å². The Balaban J connectivity index is 1.54. The Hall–Kier alpha value is -2.72. The van der Waals surface area contributed by atoms with Crippen LogP contribution in [0.4, 0.5) is 10.5 Å². The normalized spacial score (nSPS) is 14.4. The summed E-state index contributed by atoms with van der Waals surface area (Å²) >= 11 is 6.17. The van der Waals surface area contributed by atoms with Gasteiger partial charge in [-0.2, -0.15) is 0 Å². The molecule has 1 aromatic heterocycles. The summed E-state index contributed by atoms with van der Waals surface area (Å²) in [5.41, 5.74) is 4.26. The van der Waals surface area contributed by atoms with Crippen molar-refractivity contribution in [1.82, 2.24) is 9.47 Å². The number of aromatic nitrogens is 1. The minimum Gasteiger partial charge on any atom is -0.345 e. The van der Waals surface area contributed by atoms with Gasteiger partial charge in [0.05, 0.1) is 6.54 Å². The van der Waals surface area contributed by atoms with Crippen LogP contribution < -0.4 is 5.32 Å². The van der Waals surface area contributed by atoms with Gasteiger partial charge in [0.1, 0.15) is 0 Å². The highest BCUT2D eigenvalue weighted by molar-refractivity contribution is 6.30. The number of carbonyl (C=O) groups excluding carboxylic acids is 1. The molecule has 2 amide bonds. The van der Waals surface area contributed by atoms with Crippen LogP contribution >= 0.6 is 11.6 Å². The minimum atomic E-state index is -0.0204. The van der Waals surface area contributed by atoms with Gasteiger partial charge in [0, 0.05) is 35.2 Å². The van der Waals surface area contributed by atoms with Crippen LogP contribution in [0.15, 0.2) is 66.9 Å². The molecule has 31 heavy (non-hydrogen) atoms. The van der Waals surface area contributed by atoms with Crippen LogP contribution in [0.1, 0.15) is 48.9 Å². The van der Waals surface area contributed by atoms with E-state index in [1.54, 1.807) is 0 Å². The molecule has 0 saturated heterocycles. The number of hydrogen-bond acceptors (Lipinski definition) is 1. The van der Waals surface area contributed by atoms with Crippen molar-refractivity contribution in [3.8, 4) is 0 Å². The Kier molecular flexibility index (Phi) is 6.98. The zero-order chi connectivity index (χ0) is 21.6. The lowest BCUT2D eigenvalue weighted by molar-refractivity contribution is 0.161. The van der Waals surface area contributed by atoms with Crippen LogP contribution in [0.2, 0.25) is 5.02 Å². The molecule has 0 radical (unpaired) electrons. The van der Waals surface area contributed by atoms with Gasteiger partial charge in [-0.3, -0.25) is 0 Å². The third-order valence-electron chi connectivity index (χ3n) is 6.04. The fourth-order valence-corrected chi connectivity index (χ4v) is 4.64. The van der Waals surface area contributed by atoms with E-state index in [2.05, 4.69) is 34.3 Å². The summed E-state index contributed by atoms with van der Waals surface area (Å²) in [4.78, 5) is 15.4. The molecule has 162 valence electrons. The van der Waals surface area contributed by atoms with Crippen LogP contribution in [0.3, 0.4) is 0 Å². The first-order valence-electron chi connectivity index (χ1n) is 11.1. The molecule has 5 heteroatoms. The molecule has 0 unspecified atom stereocenters. The monoisotopic (exact) mass is 435 g/mol. The van der Waals surface area contributed by atoms with Crippen molar-refractivity contribution in [2.24, 2.45) is 0 Å². The Morgan fingerprint density at radius 1 is 1.06 bits per heavy atom. The van der Waals surface area contributed by atoms with Crippen molar-refractivity contribution >= 4 is 23.3 Å². The quantitative estimate of drug-likeness (QED) is 0.450. The van der Waals surface area contributed by atoms with E-state index < -0.39 is 0 Å². The summed E-state index contributed by atoms with van der Waals surface area (Å²) < 4.78 is 2.21. The molecule has 0 aliphatic heterocycles. The lowest BCUT2D eigenvalue weighted by Crippen LogP contribution is -2.43. The van der Waals surface area contributed by atoms with Gasteiger partial charge in [-0.15, -0.1) is 0 Å². The molecule has 0 bridgehead atoms. The number of aryl methyl sites for hydroxylation is 1. The van der Waals surface area contributed by atoms with Gasteiger partial charge in [0.15, 0.2) is 0 Å². The number of hydrogen-bond donors (Lipinski definition) is 1. The maximum absolute atomic E-state index is 13.4. The predicted molar refractivity (Wildman–Crippen MR) is 128 cm³/mol. The zero-order valence-corrected chi connectivity index (χ0v) is 18.8. The van der Waals surface area contributed by atoms with E-state index in [-0.39, 0.29) is 12.1 Å². The molecule has 1 aliphatic rings. The number of benzene rings is 2. The second kappa shape index (κ2) is 10.1. The first kappa shape index (κ1) is 21.5. The van der Waals surface area contributed by atoms with Gasteiger partial charge >= 0.3 is 6.03 Å². The van der Waals surface area contributed by atoms with Crippen LogP contribution in [0.5, 0.6) is 0 Å². The fourth-order valence-electron chi connectivity index (χ4n) is 4.43. The zero-order valence-electron chi connectivity index (χ0n) is 18.1. The Labute approximate surface area is 189 Å². The largest absolute Gasteiger partial charge is 0.345 e. The van der Waals surface area contributed by atoms with E-state index in [0.717, 1.165) is 46.9 Å². The first-order chi connectivity index (χ1) is 15.1. The number of anilines is 1. The van der Waals surface area contributed by atoms with Gasteiger partial charge in [0.25, 0.3) is 0 Å². The summed E-state index contributed by atoms with van der Waals surface area (Å²) in [5, 5.41) is 3.87.